The molecule has 0 spiro atoms. The van der Waals surface area contributed by atoms with Crippen molar-refractivity contribution in [3.05, 3.63) is 36.4 Å². The van der Waals surface area contributed by atoms with Crippen molar-refractivity contribution >= 4 is 10.0 Å². The Kier molecular flexibility index (Phi) is 5.15. The molecule has 7 nitrogen and oxygen atoms in total. The second kappa shape index (κ2) is 7.31. The molecule has 2 aromatic rings. The topological polar surface area (TPSA) is 86.1 Å². The zero-order chi connectivity index (χ0) is 17.0. The van der Waals surface area contributed by atoms with Crippen molar-refractivity contribution in [2.24, 2.45) is 0 Å². The first-order chi connectivity index (χ1) is 11.6. The van der Waals surface area contributed by atoms with E-state index in [9.17, 15) is 8.42 Å². The van der Waals surface area contributed by atoms with Gasteiger partial charge in [-0.15, -0.1) is 10.2 Å². The summed E-state index contributed by atoms with van der Waals surface area (Å²) < 4.78 is 34.6. The molecule has 1 N–H and O–H groups in total. The number of nitrogens with zero attached hydrogens (tertiary/aromatic N) is 3. The maximum atomic E-state index is 12.5. The number of sulfonamides is 1. The Bertz CT molecular complexity index is 782. The molecule has 1 aromatic carbocycles. The first kappa shape index (κ1) is 16.9. The molecule has 1 fully saturated rings. The molecular formula is C16H22N4O3S. The minimum absolute atomic E-state index is 0.121. The number of rotatable bonds is 6. The van der Waals surface area contributed by atoms with Crippen molar-refractivity contribution in [1.82, 2.24) is 19.5 Å². The number of hydrogen-bond donors (Lipinski definition) is 1. The fourth-order valence-electron chi connectivity index (χ4n) is 3.07. The highest BCUT2D eigenvalue weighted by atomic mass is 32.2. The molecule has 1 saturated carbocycles. The van der Waals surface area contributed by atoms with Crippen molar-refractivity contribution in [3.8, 4) is 5.75 Å². The molecule has 0 saturated heterocycles. The number of ether oxygens (including phenoxy) is 1. The van der Waals surface area contributed by atoms with Gasteiger partial charge >= 0.3 is 0 Å². The smallest absolute Gasteiger partial charge is 0.241 e. The Labute approximate surface area is 142 Å². The van der Waals surface area contributed by atoms with Crippen molar-refractivity contribution in [2.45, 2.75) is 49.6 Å². The molecule has 24 heavy (non-hydrogen) atoms. The largest absolute Gasteiger partial charge is 0.497 e. The minimum atomic E-state index is -3.63. The molecule has 0 radical (unpaired) electrons. The van der Waals surface area contributed by atoms with Gasteiger partial charge in [-0.2, -0.15) is 0 Å². The van der Waals surface area contributed by atoms with Gasteiger partial charge in [0.1, 0.15) is 17.9 Å². The van der Waals surface area contributed by atoms with Crippen molar-refractivity contribution in [1.29, 1.82) is 0 Å². The molecule has 1 aliphatic rings. The number of benzene rings is 1. The van der Waals surface area contributed by atoms with Crippen molar-refractivity contribution < 1.29 is 13.2 Å². The van der Waals surface area contributed by atoms with Crippen LogP contribution in [0, 0.1) is 0 Å². The van der Waals surface area contributed by atoms with Crippen LogP contribution in [0.1, 0.15) is 44.0 Å². The van der Waals surface area contributed by atoms with E-state index >= 15 is 0 Å². The van der Waals surface area contributed by atoms with E-state index in [2.05, 4.69) is 14.9 Å². The van der Waals surface area contributed by atoms with E-state index in [4.69, 9.17) is 4.74 Å². The van der Waals surface area contributed by atoms with E-state index in [1.54, 1.807) is 18.5 Å². The van der Waals surface area contributed by atoms with Gasteiger partial charge in [-0.05, 0) is 25.0 Å². The van der Waals surface area contributed by atoms with Crippen molar-refractivity contribution in [3.63, 3.8) is 0 Å². The van der Waals surface area contributed by atoms with Gasteiger partial charge in [0, 0.05) is 12.1 Å². The summed E-state index contributed by atoms with van der Waals surface area (Å²) in [4.78, 5) is 0.172. The fraction of sp³-hybridized carbons (Fsp3) is 0.500. The van der Waals surface area contributed by atoms with Crippen LogP contribution in [-0.4, -0.2) is 30.3 Å². The number of hydrogen-bond acceptors (Lipinski definition) is 5. The molecule has 0 amide bonds. The normalized spacial score (nSPS) is 16.2. The Hall–Kier alpha value is -1.93. The van der Waals surface area contributed by atoms with E-state index in [1.165, 1.54) is 38.5 Å². The zero-order valence-corrected chi connectivity index (χ0v) is 14.5. The molecule has 130 valence electrons. The van der Waals surface area contributed by atoms with Gasteiger partial charge in [-0.25, -0.2) is 13.1 Å². The van der Waals surface area contributed by atoms with Crippen molar-refractivity contribution in [2.75, 3.05) is 7.11 Å². The molecular weight excluding hydrogens is 328 g/mol. The number of nitrogens with one attached hydrogen (secondary N) is 1. The van der Waals surface area contributed by atoms with Gasteiger partial charge in [-0.1, -0.05) is 25.3 Å². The van der Waals surface area contributed by atoms with E-state index in [1.807, 2.05) is 4.57 Å². The zero-order valence-electron chi connectivity index (χ0n) is 13.7. The average Bonchev–Trinajstić information content (AvgIpc) is 3.09. The number of aromatic nitrogens is 3. The monoisotopic (exact) mass is 350 g/mol. The lowest BCUT2D eigenvalue weighted by Gasteiger charge is -2.24. The highest BCUT2D eigenvalue weighted by Gasteiger charge is 2.20. The highest BCUT2D eigenvalue weighted by Crippen LogP contribution is 2.28. The molecule has 3 rings (SSSR count). The Morgan fingerprint density at radius 2 is 2.08 bits per heavy atom. The third-order valence-corrected chi connectivity index (χ3v) is 5.79. The van der Waals surface area contributed by atoms with Gasteiger partial charge in [0.15, 0.2) is 0 Å². The minimum Gasteiger partial charge on any atom is -0.497 e. The summed E-state index contributed by atoms with van der Waals surface area (Å²) in [6.45, 7) is 0.121. The standard InChI is InChI=1S/C16H22N4O3S/c1-23-14-8-5-9-15(10-14)24(21,22)18-11-16-19-17-12-20(16)13-6-3-2-4-7-13/h5,8-10,12-13,18H,2-4,6-7,11H2,1H3. The molecule has 0 atom stereocenters. The second-order valence-corrected chi connectivity index (χ2v) is 7.72. The maximum Gasteiger partial charge on any atom is 0.241 e. The lowest BCUT2D eigenvalue weighted by Crippen LogP contribution is -2.26. The second-order valence-electron chi connectivity index (χ2n) is 5.95. The van der Waals surface area contributed by atoms with E-state index < -0.39 is 10.0 Å². The molecule has 1 heterocycles. The van der Waals surface area contributed by atoms with Crippen LogP contribution in [0.25, 0.3) is 0 Å². The molecule has 1 aliphatic carbocycles. The fourth-order valence-corrected chi connectivity index (χ4v) is 4.08. The SMILES string of the molecule is COc1cccc(S(=O)(=O)NCc2nncn2C2CCCCC2)c1. The summed E-state index contributed by atoms with van der Waals surface area (Å²) in [7, 11) is -2.12. The molecule has 0 aliphatic heterocycles. The van der Waals surface area contributed by atoms with Gasteiger partial charge in [0.25, 0.3) is 0 Å². The Morgan fingerprint density at radius 1 is 1.29 bits per heavy atom. The lowest BCUT2D eigenvalue weighted by atomic mass is 9.95. The van der Waals surface area contributed by atoms with Gasteiger partial charge in [-0.3, -0.25) is 0 Å². The third-order valence-electron chi connectivity index (χ3n) is 4.39. The number of methoxy groups -OCH3 is 1. The van der Waals surface area contributed by atoms with Crippen LogP contribution in [0.2, 0.25) is 0 Å². The van der Waals surface area contributed by atoms with Crippen LogP contribution < -0.4 is 9.46 Å². The van der Waals surface area contributed by atoms with Crippen LogP contribution >= 0.6 is 0 Å². The van der Waals surface area contributed by atoms with E-state index in [0.29, 0.717) is 17.6 Å². The predicted molar refractivity (Wildman–Crippen MR) is 89.2 cm³/mol. The van der Waals surface area contributed by atoms with E-state index in [-0.39, 0.29) is 11.4 Å². The predicted octanol–water partition coefficient (Wildman–Crippen LogP) is 2.27. The van der Waals surface area contributed by atoms with Crippen LogP contribution in [-0.2, 0) is 16.6 Å². The average molecular weight is 350 g/mol. The highest BCUT2D eigenvalue weighted by molar-refractivity contribution is 7.89. The summed E-state index contributed by atoms with van der Waals surface area (Å²) >= 11 is 0. The van der Waals surface area contributed by atoms with Crippen LogP contribution in [0.4, 0.5) is 0 Å². The van der Waals surface area contributed by atoms with Crippen LogP contribution in [0.15, 0.2) is 35.5 Å². The quantitative estimate of drug-likeness (QED) is 0.864. The summed E-state index contributed by atoms with van der Waals surface area (Å²) in [6.07, 6.45) is 7.53. The van der Waals surface area contributed by atoms with Gasteiger partial charge < -0.3 is 9.30 Å². The molecule has 0 bridgehead atoms. The lowest BCUT2D eigenvalue weighted by molar-refractivity contribution is 0.344. The van der Waals surface area contributed by atoms with Gasteiger partial charge in [0.2, 0.25) is 10.0 Å². The van der Waals surface area contributed by atoms with Crippen LogP contribution in [0.3, 0.4) is 0 Å². The summed E-state index contributed by atoms with van der Waals surface area (Å²) in [5.74, 6) is 1.15. The summed E-state index contributed by atoms with van der Waals surface area (Å²) in [6, 6.07) is 6.76. The Morgan fingerprint density at radius 3 is 2.83 bits per heavy atom. The maximum absolute atomic E-state index is 12.5. The molecule has 1 aromatic heterocycles. The van der Waals surface area contributed by atoms with Gasteiger partial charge in [0.05, 0.1) is 18.6 Å². The van der Waals surface area contributed by atoms with Crippen LogP contribution in [0.5, 0.6) is 5.75 Å². The first-order valence-corrected chi connectivity index (χ1v) is 9.60. The Balaban J connectivity index is 1.72. The third kappa shape index (κ3) is 3.76. The first-order valence-electron chi connectivity index (χ1n) is 8.12. The summed E-state index contributed by atoms with van der Waals surface area (Å²) in [5.41, 5.74) is 0. The molecule has 8 heteroatoms. The van der Waals surface area contributed by atoms with E-state index in [0.717, 1.165) is 12.8 Å². The molecule has 0 unspecified atom stereocenters. The summed E-state index contributed by atoms with van der Waals surface area (Å²) in [5, 5.41) is 8.04.